The number of carbonyl (C=O) groups excluding carboxylic acids is 1. The number of aromatic nitrogens is 2. The third-order valence-electron chi connectivity index (χ3n) is 2.34. The molecule has 0 unspecified atom stereocenters. The lowest BCUT2D eigenvalue weighted by Gasteiger charge is -2.05. The third kappa shape index (κ3) is 5.09. The van der Waals surface area contributed by atoms with E-state index in [1.54, 1.807) is 24.3 Å². The van der Waals surface area contributed by atoms with E-state index in [0.717, 1.165) is 6.26 Å². The smallest absolute Gasteiger partial charge is 0.246 e. The van der Waals surface area contributed by atoms with Crippen molar-refractivity contribution in [2.24, 2.45) is 0 Å². The lowest BCUT2D eigenvalue weighted by atomic mass is 10.3. The molecule has 1 aromatic carbocycles. The Labute approximate surface area is 127 Å². The number of hydrogen-bond donors (Lipinski definition) is 2. The van der Waals surface area contributed by atoms with Crippen LogP contribution in [0.4, 0.5) is 11.5 Å². The zero-order valence-electron chi connectivity index (χ0n) is 11.1. The summed E-state index contributed by atoms with van der Waals surface area (Å²) < 4.78 is 25.7. The summed E-state index contributed by atoms with van der Waals surface area (Å²) in [6.07, 6.45) is 2.53. The van der Waals surface area contributed by atoms with E-state index >= 15 is 0 Å². The second kappa shape index (κ2) is 6.15. The van der Waals surface area contributed by atoms with Crippen molar-refractivity contribution in [1.29, 1.82) is 0 Å². The van der Waals surface area contributed by atoms with Crippen molar-refractivity contribution in [2.45, 2.75) is 6.54 Å². The quantitative estimate of drug-likeness (QED) is 0.870. The molecule has 1 heterocycles. The molecule has 0 radical (unpaired) electrons. The summed E-state index contributed by atoms with van der Waals surface area (Å²) in [5, 5.41) is 7.12. The Morgan fingerprint density at radius 2 is 2.14 bits per heavy atom. The Kier molecular flexibility index (Phi) is 4.49. The predicted molar refractivity (Wildman–Crippen MR) is 80.8 cm³/mol. The zero-order valence-corrected chi connectivity index (χ0v) is 12.6. The minimum atomic E-state index is -3.39. The number of sulfonamides is 1. The van der Waals surface area contributed by atoms with Gasteiger partial charge in [-0.3, -0.25) is 14.2 Å². The summed E-state index contributed by atoms with van der Waals surface area (Å²) in [7, 11) is -3.39. The molecule has 2 N–H and O–H groups in total. The standard InChI is InChI=1S/C12H13ClN4O3S/c1-21(19,20)16-11-5-6-17(15-11)8-12(18)14-10-4-2-3-9(13)7-10/h2-7H,8H2,1H3,(H,14,18)(H,15,16). The van der Waals surface area contributed by atoms with Gasteiger partial charge in [-0.05, 0) is 18.2 Å². The molecule has 1 amide bonds. The van der Waals surface area contributed by atoms with Crippen molar-refractivity contribution in [3.05, 3.63) is 41.6 Å². The second-order valence-electron chi connectivity index (χ2n) is 4.33. The van der Waals surface area contributed by atoms with E-state index in [2.05, 4.69) is 15.1 Å². The van der Waals surface area contributed by atoms with Crippen LogP contribution in [0.25, 0.3) is 0 Å². The number of nitrogens with one attached hydrogen (secondary N) is 2. The van der Waals surface area contributed by atoms with E-state index in [4.69, 9.17) is 11.6 Å². The number of nitrogens with zero attached hydrogens (tertiary/aromatic N) is 2. The lowest BCUT2D eigenvalue weighted by Crippen LogP contribution is -2.19. The van der Waals surface area contributed by atoms with Crippen LogP contribution in [0, 0.1) is 0 Å². The summed E-state index contributed by atoms with van der Waals surface area (Å²) in [5.41, 5.74) is 0.578. The fourth-order valence-electron chi connectivity index (χ4n) is 1.61. The van der Waals surface area contributed by atoms with Crippen LogP contribution in [0.15, 0.2) is 36.5 Å². The number of hydrogen-bond acceptors (Lipinski definition) is 4. The molecular weight excluding hydrogens is 316 g/mol. The van der Waals surface area contributed by atoms with Crippen molar-refractivity contribution in [3.63, 3.8) is 0 Å². The normalized spacial score (nSPS) is 11.1. The molecule has 7 nitrogen and oxygen atoms in total. The van der Waals surface area contributed by atoms with Crippen molar-refractivity contribution in [3.8, 4) is 0 Å². The molecule has 0 saturated heterocycles. The van der Waals surface area contributed by atoms with Gasteiger partial charge in [-0.1, -0.05) is 17.7 Å². The molecule has 2 rings (SSSR count). The number of benzene rings is 1. The van der Waals surface area contributed by atoms with Crippen LogP contribution in [0.5, 0.6) is 0 Å². The molecule has 0 aliphatic rings. The van der Waals surface area contributed by atoms with Gasteiger partial charge >= 0.3 is 0 Å². The molecule has 1 aromatic heterocycles. The molecule has 21 heavy (non-hydrogen) atoms. The molecule has 112 valence electrons. The number of anilines is 2. The van der Waals surface area contributed by atoms with Gasteiger partial charge in [-0.25, -0.2) is 8.42 Å². The Bertz CT molecular complexity index is 757. The van der Waals surface area contributed by atoms with Crippen molar-refractivity contribution in [2.75, 3.05) is 16.3 Å². The third-order valence-corrected chi connectivity index (χ3v) is 3.16. The second-order valence-corrected chi connectivity index (χ2v) is 6.52. The van der Waals surface area contributed by atoms with Gasteiger partial charge in [0.1, 0.15) is 6.54 Å². The molecule has 0 atom stereocenters. The summed E-state index contributed by atoms with van der Waals surface area (Å²) in [6, 6.07) is 8.23. The Morgan fingerprint density at radius 3 is 2.81 bits per heavy atom. The fraction of sp³-hybridized carbons (Fsp3) is 0.167. The molecule has 0 aliphatic carbocycles. The van der Waals surface area contributed by atoms with Gasteiger partial charge in [-0.2, -0.15) is 5.10 Å². The molecule has 0 spiro atoms. The highest BCUT2D eigenvalue weighted by Gasteiger charge is 2.08. The molecule has 0 bridgehead atoms. The van der Waals surface area contributed by atoms with Gasteiger partial charge in [0, 0.05) is 23.0 Å². The zero-order chi connectivity index (χ0) is 15.5. The van der Waals surface area contributed by atoms with Crippen LogP contribution in [0.3, 0.4) is 0 Å². The monoisotopic (exact) mass is 328 g/mol. The van der Waals surface area contributed by atoms with E-state index in [9.17, 15) is 13.2 Å². The lowest BCUT2D eigenvalue weighted by molar-refractivity contribution is -0.116. The fourth-order valence-corrected chi connectivity index (χ4v) is 2.29. The maximum atomic E-state index is 11.8. The number of halogens is 1. The Balaban J connectivity index is 1.97. The van der Waals surface area contributed by atoms with Crippen LogP contribution in [0.1, 0.15) is 0 Å². The summed E-state index contributed by atoms with van der Waals surface area (Å²) in [4.78, 5) is 11.8. The molecule has 0 fully saturated rings. The van der Waals surface area contributed by atoms with Crippen LogP contribution < -0.4 is 10.0 Å². The average molecular weight is 329 g/mol. The average Bonchev–Trinajstić information content (AvgIpc) is 2.73. The predicted octanol–water partition coefficient (Wildman–Crippen LogP) is 1.55. The van der Waals surface area contributed by atoms with Crippen molar-refractivity contribution >= 4 is 39.0 Å². The summed E-state index contributed by atoms with van der Waals surface area (Å²) >= 11 is 5.82. The first-order valence-corrected chi connectivity index (χ1v) is 8.15. The van der Waals surface area contributed by atoms with Crippen LogP contribution in [-0.4, -0.2) is 30.4 Å². The number of rotatable bonds is 5. The van der Waals surface area contributed by atoms with Crippen LogP contribution in [0.2, 0.25) is 5.02 Å². The van der Waals surface area contributed by atoms with E-state index in [1.807, 2.05) is 0 Å². The van der Waals surface area contributed by atoms with Gasteiger partial charge in [-0.15, -0.1) is 0 Å². The summed E-state index contributed by atoms with van der Waals surface area (Å²) in [6.45, 7) is -0.0437. The summed E-state index contributed by atoms with van der Waals surface area (Å²) in [5.74, 6) is -0.140. The maximum Gasteiger partial charge on any atom is 0.246 e. The Morgan fingerprint density at radius 1 is 1.38 bits per heavy atom. The Hall–Kier alpha value is -2.06. The van der Waals surface area contributed by atoms with Crippen molar-refractivity contribution < 1.29 is 13.2 Å². The van der Waals surface area contributed by atoms with E-state index < -0.39 is 10.0 Å². The highest BCUT2D eigenvalue weighted by molar-refractivity contribution is 7.92. The highest BCUT2D eigenvalue weighted by atomic mass is 35.5. The first-order chi connectivity index (χ1) is 9.82. The minimum absolute atomic E-state index is 0.0437. The number of carbonyl (C=O) groups is 1. The van der Waals surface area contributed by atoms with Gasteiger partial charge in [0.05, 0.1) is 6.26 Å². The van der Waals surface area contributed by atoms with Gasteiger partial charge in [0.15, 0.2) is 5.82 Å². The van der Waals surface area contributed by atoms with Crippen LogP contribution in [-0.2, 0) is 21.4 Å². The van der Waals surface area contributed by atoms with Gasteiger partial charge in [0.2, 0.25) is 15.9 Å². The molecule has 0 saturated carbocycles. The van der Waals surface area contributed by atoms with E-state index in [1.165, 1.54) is 16.9 Å². The maximum absolute atomic E-state index is 11.8. The first kappa shape index (κ1) is 15.3. The molecule has 0 aliphatic heterocycles. The number of amides is 1. The van der Waals surface area contributed by atoms with E-state index in [-0.39, 0.29) is 18.3 Å². The highest BCUT2D eigenvalue weighted by Crippen LogP contribution is 2.14. The largest absolute Gasteiger partial charge is 0.324 e. The molecule has 2 aromatic rings. The molecule has 9 heteroatoms. The van der Waals surface area contributed by atoms with Crippen molar-refractivity contribution in [1.82, 2.24) is 9.78 Å². The minimum Gasteiger partial charge on any atom is -0.324 e. The van der Waals surface area contributed by atoms with Crippen LogP contribution >= 0.6 is 11.6 Å². The van der Waals surface area contributed by atoms with Gasteiger partial charge < -0.3 is 5.32 Å². The van der Waals surface area contributed by atoms with E-state index in [0.29, 0.717) is 10.7 Å². The van der Waals surface area contributed by atoms with Gasteiger partial charge in [0.25, 0.3) is 0 Å². The topological polar surface area (TPSA) is 93.1 Å². The SMILES string of the molecule is CS(=O)(=O)Nc1ccn(CC(=O)Nc2cccc(Cl)c2)n1. The molecular formula is C12H13ClN4O3S. The first-order valence-electron chi connectivity index (χ1n) is 5.88.